The van der Waals surface area contributed by atoms with E-state index in [9.17, 15) is 0 Å². The SMILES string of the molecule is CC1CCC(Cn2c(=S)[nH]c3ccc(Cl)cc32)CC1. The lowest BCUT2D eigenvalue weighted by Crippen LogP contribution is -2.17. The number of nitrogens with zero attached hydrogens (tertiary/aromatic N) is 1. The number of fused-ring (bicyclic) bond motifs is 1. The fourth-order valence-corrected chi connectivity index (χ4v) is 3.53. The molecule has 1 heterocycles. The van der Waals surface area contributed by atoms with Gasteiger partial charge in [0, 0.05) is 11.6 Å². The molecule has 1 aromatic carbocycles. The average Bonchev–Trinajstić information content (AvgIpc) is 2.69. The number of H-pyrrole nitrogens is 1. The zero-order chi connectivity index (χ0) is 13.4. The van der Waals surface area contributed by atoms with E-state index in [-0.39, 0.29) is 0 Å². The van der Waals surface area contributed by atoms with Crippen molar-refractivity contribution < 1.29 is 0 Å². The highest BCUT2D eigenvalue weighted by Gasteiger charge is 2.19. The van der Waals surface area contributed by atoms with Gasteiger partial charge in [0.2, 0.25) is 0 Å². The number of halogens is 1. The van der Waals surface area contributed by atoms with E-state index in [2.05, 4.69) is 16.5 Å². The van der Waals surface area contributed by atoms with Gasteiger partial charge in [-0.05, 0) is 55.1 Å². The Kier molecular flexibility index (Phi) is 3.68. The fourth-order valence-electron chi connectivity index (χ4n) is 3.08. The van der Waals surface area contributed by atoms with Crippen LogP contribution in [0, 0.1) is 16.6 Å². The Morgan fingerprint density at radius 1 is 1.32 bits per heavy atom. The first kappa shape index (κ1) is 13.2. The maximum atomic E-state index is 6.10. The van der Waals surface area contributed by atoms with E-state index in [1.54, 1.807) is 0 Å². The molecule has 2 nitrogen and oxygen atoms in total. The van der Waals surface area contributed by atoms with Crippen LogP contribution in [0.4, 0.5) is 0 Å². The first-order valence-corrected chi connectivity index (χ1v) is 7.80. The van der Waals surface area contributed by atoms with Gasteiger partial charge in [0.15, 0.2) is 4.77 Å². The van der Waals surface area contributed by atoms with Crippen LogP contribution in [0.25, 0.3) is 11.0 Å². The van der Waals surface area contributed by atoms with E-state index in [1.165, 1.54) is 25.7 Å². The predicted molar refractivity (Wildman–Crippen MR) is 83.3 cm³/mol. The standard InChI is InChI=1S/C15H19ClN2S/c1-10-2-4-11(5-3-10)9-18-14-8-12(16)6-7-13(14)17-15(18)19/h6-8,10-11H,2-5,9H2,1H3,(H,17,19). The van der Waals surface area contributed by atoms with Crippen LogP contribution in [0.1, 0.15) is 32.6 Å². The number of imidazole rings is 1. The van der Waals surface area contributed by atoms with Crippen molar-refractivity contribution in [2.45, 2.75) is 39.2 Å². The molecule has 3 rings (SSSR count). The van der Waals surface area contributed by atoms with Crippen LogP contribution in [-0.2, 0) is 6.54 Å². The van der Waals surface area contributed by atoms with Crippen LogP contribution in [0.5, 0.6) is 0 Å². The highest BCUT2D eigenvalue weighted by atomic mass is 35.5. The normalized spacial score (nSPS) is 23.9. The van der Waals surface area contributed by atoms with Crippen molar-refractivity contribution in [1.29, 1.82) is 0 Å². The summed E-state index contributed by atoms with van der Waals surface area (Å²) in [5.41, 5.74) is 2.22. The van der Waals surface area contributed by atoms with Gasteiger partial charge in [0.25, 0.3) is 0 Å². The minimum absolute atomic E-state index is 0.751. The monoisotopic (exact) mass is 294 g/mol. The maximum absolute atomic E-state index is 6.10. The fraction of sp³-hybridized carbons (Fsp3) is 0.533. The Morgan fingerprint density at radius 2 is 2.05 bits per heavy atom. The summed E-state index contributed by atoms with van der Waals surface area (Å²) in [7, 11) is 0. The Balaban J connectivity index is 1.90. The number of aromatic nitrogens is 2. The van der Waals surface area contributed by atoms with Crippen LogP contribution in [0.15, 0.2) is 18.2 Å². The van der Waals surface area contributed by atoms with Gasteiger partial charge in [-0.2, -0.15) is 0 Å². The van der Waals surface area contributed by atoms with Gasteiger partial charge >= 0.3 is 0 Å². The summed E-state index contributed by atoms with van der Waals surface area (Å²) in [4.78, 5) is 3.27. The summed E-state index contributed by atoms with van der Waals surface area (Å²) in [6, 6.07) is 5.92. The molecule has 19 heavy (non-hydrogen) atoms. The zero-order valence-electron chi connectivity index (χ0n) is 11.2. The van der Waals surface area contributed by atoms with E-state index in [0.29, 0.717) is 0 Å². The Hall–Kier alpha value is -0.800. The van der Waals surface area contributed by atoms with Gasteiger partial charge in [0.05, 0.1) is 11.0 Å². The first-order chi connectivity index (χ1) is 9.13. The van der Waals surface area contributed by atoms with Crippen LogP contribution in [-0.4, -0.2) is 9.55 Å². The van der Waals surface area contributed by atoms with E-state index in [1.807, 2.05) is 18.2 Å². The van der Waals surface area contributed by atoms with Crippen molar-refractivity contribution in [1.82, 2.24) is 9.55 Å². The molecule has 0 amide bonds. The number of hydrogen-bond donors (Lipinski definition) is 1. The minimum Gasteiger partial charge on any atom is -0.331 e. The third-order valence-corrected chi connectivity index (χ3v) is 4.87. The highest BCUT2D eigenvalue weighted by molar-refractivity contribution is 7.71. The molecule has 0 atom stereocenters. The maximum Gasteiger partial charge on any atom is 0.178 e. The molecule has 1 saturated carbocycles. The van der Waals surface area contributed by atoms with Crippen molar-refractivity contribution in [2.24, 2.45) is 11.8 Å². The van der Waals surface area contributed by atoms with E-state index < -0.39 is 0 Å². The molecule has 0 saturated heterocycles. The van der Waals surface area contributed by atoms with E-state index >= 15 is 0 Å². The molecule has 1 aliphatic rings. The highest BCUT2D eigenvalue weighted by Crippen LogP contribution is 2.30. The van der Waals surface area contributed by atoms with Crippen molar-refractivity contribution >= 4 is 34.9 Å². The second kappa shape index (κ2) is 5.29. The van der Waals surface area contributed by atoms with Crippen molar-refractivity contribution in [2.75, 3.05) is 0 Å². The Labute approximate surface area is 123 Å². The summed E-state index contributed by atoms with van der Waals surface area (Å²) >= 11 is 11.6. The number of rotatable bonds is 2. The third-order valence-electron chi connectivity index (χ3n) is 4.31. The lowest BCUT2D eigenvalue weighted by Gasteiger charge is -2.26. The molecular formula is C15H19ClN2S. The summed E-state index contributed by atoms with van der Waals surface area (Å²) in [5.74, 6) is 1.64. The molecule has 0 spiro atoms. The van der Waals surface area contributed by atoms with E-state index in [0.717, 1.165) is 39.2 Å². The minimum atomic E-state index is 0.751. The molecule has 2 aromatic rings. The van der Waals surface area contributed by atoms with E-state index in [4.69, 9.17) is 23.8 Å². The van der Waals surface area contributed by atoms with Gasteiger partial charge in [-0.3, -0.25) is 0 Å². The summed E-state index contributed by atoms with van der Waals surface area (Å²) < 4.78 is 3.04. The van der Waals surface area contributed by atoms with Gasteiger partial charge in [-0.15, -0.1) is 0 Å². The van der Waals surface area contributed by atoms with Gasteiger partial charge in [0.1, 0.15) is 0 Å². The second-order valence-corrected chi connectivity index (χ2v) is 6.65. The third kappa shape index (κ3) is 2.72. The van der Waals surface area contributed by atoms with Crippen LogP contribution in [0.3, 0.4) is 0 Å². The summed E-state index contributed by atoms with van der Waals surface area (Å²) in [6.07, 6.45) is 5.33. The molecule has 0 radical (unpaired) electrons. The summed E-state index contributed by atoms with van der Waals surface area (Å²) in [6.45, 7) is 3.37. The van der Waals surface area contributed by atoms with Crippen molar-refractivity contribution in [3.05, 3.63) is 28.0 Å². The number of aromatic amines is 1. The number of benzene rings is 1. The van der Waals surface area contributed by atoms with Gasteiger partial charge in [-0.1, -0.05) is 31.4 Å². The van der Waals surface area contributed by atoms with Gasteiger partial charge in [-0.25, -0.2) is 0 Å². The second-order valence-electron chi connectivity index (χ2n) is 5.83. The molecule has 1 N–H and O–H groups in total. The van der Waals surface area contributed by atoms with Crippen LogP contribution in [0.2, 0.25) is 5.02 Å². The Morgan fingerprint density at radius 3 is 2.79 bits per heavy atom. The quantitative estimate of drug-likeness (QED) is 0.757. The number of nitrogens with one attached hydrogen (secondary N) is 1. The van der Waals surface area contributed by atoms with Crippen LogP contribution >= 0.6 is 23.8 Å². The lowest BCUT2D eigenvalue weighted by atomic mass is 9.83. The topological polar surface area (TPSA) is 20.7 Å². The van der Waals surface area contributed by atoms with Crippen molar-refractivity contribution in [3.8, 4) is 0 Å². The lowest BCUT2D eigenvalue weighted by molar-refractivity contribution is 0.266. The molecular weight excluding hydrogens is 276 g/mol. The molecule has 0 bridgehead atoms. The molecule has 4 heteroatoms. The molecule has 1 aliphatic carbocycles. The summed E-state index contributed by atoms with van der Waals surface area (Å²) in [5, 5.41) is 0.771. The first-order valence-electron chi connectivity index (χ1n) is 7.01. The zero-order valence-corrected chi connectivity index (χ0v) is 12.7. The number of hydrogen-bond acceptors (Lipinski definition) is 1. The smallest absolute Gasteiger partial charge is 0.178 e. The predicted octanol–water partition coefficient (Wildman–Crippen LogP) is 5.18. The largest absolute Gasteiger partial charge is 0.331 e. The molecule has 102 valence electrons. The van der Waals surface area contributed by atoms with Crippen molar-refractivity contribution in [3.63, 3.8) is 0 Å². The molecule has 1 aromatic heterocycles. The molecule has 0 unspecified atom stereocenters. The molecule has 0 aliphatic heterocycles. The Bertz CT molecular complexity index is 635. The van der Waals surface area contributed by atoms with Crippen LogP contribution < -0.4 is 0 Å². The average molecular weight is 295 g/mol. The molecule has 1 fully saturated rings. The van der Waals surface area contributed by atoms with Gasteiger partial charge < -0.3 is 9.55 Å².